The van der Waals surface area contributed by atoms with Crippen molar-refractivity contribution < 1.29 is 23.9 Å². The molecule has 2 amide bonds. The average molecular weight is 500 g/mol. The van der Waals surface area contributed by atoms with Gasteiger partial charge in [-0.3, -0.25) is 9.59 Å². The van der Waals surface area contributed by atoms with Gasteiger partial charge in [0.15, 0.2) is 11.5 Å². The van der Waals surface area contributed by atoms with Crippen LogP contribution in [0, 0.1) is 6.92 Å². The molecule has 0 unspecified atom stereocenters. The third kappa shape index (κ3) is 6.57. The largest absolute Gasteiger partial charge is 0.493 e. The van der Waals surface area contributed by atoms with E-state index >= 15 is 0 Å². The lowest BCUT2D eigenvalue weighted by atomic mass is 10.1. The molecule has 174 valence electrons. The summed E-state index contributed by atoms with van der Waals surface area (Å²) < 4.78 is 10.7. The molecule has 3 rings (SSSR count). The molecular weight excluding hydrogens is 481 g/mol. The van der Waals surface area contributed by atoms with E-state index in [0.717, 1.165) is 5.56 Å². The Labute approximate surface area is 205 Å². The van der Waals surface area contributed by atoms with E-state index in [1.165, 1.54) is 37.6 Å². The number of amides is 2. The molecule has 8 nitrogen and oxygen atoms in total. The number of esters is 1. The van der Waals surface area contributed by atoms with Gasteiger partial charge in [-0.05, 0) is 61.0 Å². The molecule has 0 fully saturated rings. The summed E-state index contributed by atoms with van der Waals surface area (Å²) in [5, 5.41) is 6.70. The SMILES string of the molecule is COc1cc(/C=N/NC(=O)C(=O)Nc2ccc(Cl)c(Cl)c2)ccc1OC(=O)c1ccc(C)cc1. The number of hydrogen-bond donors (Lipinski definition) is 2. The minimum absolute atomic E-state index is 0.218. The van der Waals surface area contributed by atoms with E-state index in [2.05, 4.69) is 15.8 Å². The third-order valence-electron chi connectivity index (χ3n) is 4.44. The maximum Gasteiger partial charge on any atom is 0.343 e. The van der Waals surface area contributed by atoms with Crippen molar-refractivity contribution in [3.63, 3.8) is 0 Å². The molecule has 0 aromatic heterocycles. The lowest BCUT2D eigenvalue weighted by Crippen LogP contribution is -2.32. The van der Waals surface area contributed by atoms with Crippen LogP contribution in [0.1, 0.15) is 21.5 Å². The molecule has 0 aliphatic rings. The fourth-order valence-corrected chi connectivity index (χ4v) is 2.97. The van der Waals surface area contributed by atoms with Gasteiger partial charge in [0.1, 0.15) is 0 Å². The Morgan fingerprint density at radius 1 is 0.882 bits per heavy atom. The standard InChI is InChI=1S/C24H19Cl2N3O5/c1-14-3-6-16(7-4-14)24(32)34-20-10-5-15(11-21(20)33-2)13-27-29-23(31)22(30)28-17-8-9-18(25)19(26)12-17/h3-13H,1-2H3,(H,28,30)(H,29,31)/b27-13+. The number of nitrogens with one attached hydrogen (secondary N) is 2. The van der Waals surface area contributed by atoms with E-state index in [1.807, 2.05) is 19.1 Å². The van der Waals surface area contributed by atoms with Crippen LogP contribution in [0.3, 0.4) is 0 Å². The zero-order valence-corrected chi connectivity index (χ0v) is 19.6. The molecule has 0 radical (unpaired) electrons. The molecule has 3 aromatic rings. The number of carbonyl (C=O) groups is 3. The van der Waals surface area contributed by atoms with E-state index in [4.69, 9.17) is 32.7 Å². The maximum absolute atomic E-state index is 12.4. The number of rotatable bonds is 6. The Morgan fingerprint density at radius 2 is 1.62 bits per heavy atom. The summed E-state index contributed by atoms with van der Waals surface area (Å²) in [5.74, 6) is -1.95. The van der Waals surface area contributed by atoms with Crippen LogP contribution in [0.4, 0.5) is 5.69 Å². The van der Waals surface area contributed by atoms with Crippen LogP contribution in [0.25, 0.3) is 0 Å². The Bertz CT molecular complexity index is 1260. The van der Waals surface area contributed by atoms with Crippen molar-refractivity contribution >= 4 is 52.9 Å². The number of benzene rings is 3. The van der Waals surface area contributed by atoms with Gasteiger partial charge in [0.25, 0.3) is 0 Å². The van der Waals surface area contributed by atoms with Gasteiger partial charge in [0.05, 0.1) is 28.9 Å². The van der Waals surface area contributed by atoms with E-state index in [9.17, 15) is 14.4 Å². The van der Waals surface area contributed by atoms with Crippen molar-refractivity contribution in [2.75, 3.05) is 12.4 Å². The molecule has 0 saturated carbocycles. The minimum Gasteiger partial charge on any atom is -0.493 e. The molecule has 0 heterocycles. The fourth-order valence-electron chi connectivity index (χ4n) is 2.68. The number of aryl methyl sites for hydroxylation is 1. The summed E-state index contributed by atoms with van der Waals surface area (Å²) in [7, 11) is 1.43. The van der Waals surface area contributed by atoms with Gasteiger partial charge < -0.3 is 14.8 Å². The van der Waals surface area contributed by atoms with Crippen LogP contribution in [-0.2, 0) is 9.59 Å². The highest BCUT2D eigenvalue weighted by Gasteiger charge is 2.15. The zero-order chi connectivity index (χ0) is 24.7. The number of hydrogen-bond acceptors (Lipinski definition) is 6. The van der Waals surface area contributed by atoms with Crippen LogP contribution < -0.4 is 20.2 Å². The van der Waals surface area contributed by atoms with Gasteiger partial charge in [-0.15, -0.1) is 0 Å². The quantitative estimate of drug-likeness (QED) is 0.169. The van der Waals surface area contributed by atoms with Gasteiger partial charge in [0, 0.05) is 5.69 Å². The van der Waals surface area contributed by atoms with Crippen LogP contribution in [0.5, 0.6) is 11.5 Å². The highest BCUT2D eigenvalue weighted by molar-refractivity contribution is 6.43. The second-order valence-corrected chi connectivity index (χ2v) is 7.76. The summed E-state index contributed by atoms with van der Waals surface area (Å²) >= 11 is 11.7. The Kier molecular flexibility index (Phi) is 8.24. The number of hydrazone groups is 1. The summed E-state index contributed by atoms with van der Waals surface area (Å²) in [6.45, 7) is 1.92. The fraction of sp³-hybridized carbons (Fsp3) is 0.0833. The number of ether oxygens (including phenoxy) is 2. The van der Waals surface area contributed by atoms with Gasteiger partial charge >= 0.3 is 17.8 Å². The van der Waals surface area contributed by atoms with E-state index < -0.39 is 17.8 Å². The van der Waals surface area contributed by atoms with Crippen molar-refractivity contribution in [1.82, 2.24) is 5.43 Å². The highest BCUT2D eigenvalue weighted by Crippen LogP contribution is 2.28. The van der Waals surface area contributed by atoms with Crippen LogP contribution in [-0.4, -0.2) is 31.1 Å². The van der Waals surface area contributed by atoms with E-state index in [1.54, 1.807) is 24.3 Å². The second kappa shape index (κ2) is 11.3. The van der Waals surface area contributed by atoms with Crippen LogP contribution in [0.15, 0.2) is 65.8 Å². The molecule has 10 heteroatoms. The van der Waals surface area contributed by atoms with Crippen molar-refractivity contribution in [3.05, 3.63) is 87.4 Å². The van der Waals surface area contributed by atoms with Crippen molar-refractivity contribution in [3.8, 4) is 11.5 Å². The first kappa shape index (κ1) is 24.8. The number of nitrogens with zero attached hydrogens (tertiary/aromatic N) is 1. The smallest absolute Gasteiger partial charge is 0.343 e. The van der Waals surface area contributed by atoms with Crippen molar-refractivity contribution in [2.45, 2.75) is 6.92 Å². The molecule has 0 bridgehead atoms. The number of methoxy groups -OCH3 is 1. The highest BCUT2D eigenvalue weighted by atomic mass is 35.5. The normalized spacial score (nSPS) is 10.6. The van der Waals surface area contributed by atoms with E-state index in [-0.39, 0.29) is 16.5 Å². The van der Waals surface area contributed by atoms with Crippen molar-refractivity contribution in [1.29, 1.82) is 0 Å². The molecule has 0 aliphatic heterocycles. The number of carbonyl (C=O) groups excluding carboxylic acids is 3. The number of halogens is 2. The van der Waals surface area contributed by atoms with Crippen LogP contribution >= 0.6 is 23.2 Å². The average Bonchev–Trinajstić information content (AvgIpc) is 2.82. The second-order valence-electron chi connectivity index (χ2n) is 6.95. The number of anilines is 1. The molecule has 0 aliphatic carbocycles. The first-order chi connectivity index (χ1) is 16.3. The van der Waals surface area contributed by atoms with Gasteiger partial charge in [-0.1, -0.05) is 40.9 Å². The zero-order valence-electron chi connectivity index (χ0n) is 18.1. The molecule has 2 N–H and O–H groups in total. The van der Waals surface area contributed by atoms with Gasteiger partial charge in [0.2, 0.25) is 0 Å². The lowest BCUT2D eigenvalue weighted by molar-refractivity contribution is -0.136. The van der Waals surface area contributed by atoms with Gasteiger partial charge in [-0.2, -0.15) is 5.10 Å². The first-order valence-corrected chi connectivity index (χ1v) is 10.6. The molecule has 34 heavy (non-hydrogen) atoms. The predicted molar refractivity (Wildman–Crippen MR) is 130 cm³/mol. The molecule has 0 spiro atoms. The predicted octanol–water partition coefficient (Wildman–Crippen LogP) is 4.62. The lowest BCUT2D eigenvalue weighted by Gasteiger charge is -2.10. The maximum atomic E-state index is 12.4. The summed E-state index contributed by atoms with van der Waals surface area (Å²) in [4.78, 5) is 36.3. The molecule has 3 aromatic carbocycles. The molecule has 0 atom stereocenters. The Hall–Kier alpha value is -3.88. The Balaban J connectivity index is 1.60. The summed E-state index contributed by atoms with van der Waals surface area (Å²) in [5.41, 5.74) is 4.38. The third-order valence-corrected chi connectivity index (χ3v) is 5.18. The summed E-state index contributed by atoms with van der Waals surface area (Å²) in [6.07, 6.45) is 1.30. The Morgan fingerprint density at radius 3 is 2.29 bits per heavy atom. The first-order valence-electron chi connectivity index (χ1n) is 9.83. The van der Waals surface area contributed by atoms with E-state index in [0.29, 0.717) is 21.8 Å². The van der Waals surface area contributed by atoms with Gasteiger partial charge in [-0.25, -0.2) is 10.2 Å². The van der Waals surface area contributed by atoms with Crippen LogP contribution in [0.2, 0.25) is 10.0 Å². The van der Waals surface area contributed by atoms with Crippen molar-refractivity contribution in [2.24, 2.45) is 5.10 Å². The monoisotopic (exact) mass is 499 g/mol. The minimum atomic E-state index is -0.988. The topological polar surface area (TPSA) is 106 Å². The molecule has 0 saturated heterocycles. The molecular formula is C24H19Cl2N3O5. The summed E-state index contributed by atoms with van der Waals surface area (Å²) in [6, 6.07) is 16.1.